The van der Waals surface area contributed by atoms with Crippen LogP contribution >= 0.6 is 0 Å². The van der Waals surface area contributed by atoms with E-state index in [1.165, 1.54) is 6.42 Å². The van der Waals surface area contributed by atoms with Gasteiger partial charge in [-0.3, -0.25) is 4.79 Å². The van der Waals surface area contributed by atoms with Crippen molar-refractivity contribution in [2.24, 2.45) is 0 Å². The highest BCUT2D eigenvalue weighted by molar-refractivity contribution is 6.04. The molecule has 150 valence electrons. The fraction of sp³-hybridized carbons (Fsp3) is 0.208. The highest BCUT2D eigenvalue weighted by atomic mass is 16.1. The summed E-state index contributed by atoms with van der Waals surface area (Å²) >= 11 is 0. The number of anilines is 1. The van der Waals surface area contributed by atoms with E-state index in [-0.39, 0.29) is 5.91 Å². The van der Waals surface area contributed by atoms with Crippen LogP contribution in [0.4, 0.5) is 5.69 Å². The van der Waals surface area contributed by atoms with Crippen molar-refractivity contribution in [3.05, 3.63) is 84.4 Å². The lowest BCUT2D eigenvalue weighted by Gasteiger charge is -2.10. The number of carbonyl (C=O) groups excluding carboxylic acids is 1. The molecule has 0 fully saturated rings. The van der Waals surface area contributed by atoms with Gasteiger partial charge in [0.1, 0.15) is 5.82 Å². The smallest absolute Gasteiger partial charge is 0.255 e. The van der Waals surface area contributed by atoms with Crippen LogP contribution in [0.1, 0.15) is 35.4 Å². The summed E-state index contributed by atoms with van der Waals surface area (Å²) in [6.45, 7) is 0.945. The monoisotopic (exact) mass is 397 g/mol. The molecule has 0 radical (unpaired) electrons. The van der Waals surface area contributed by atoms with Crippen LogP contribution in [0.3, 0.4) is 0 Å². The molecule has 0 saturated carbocycles. The van der Waals surface area contributed by atoms with Gasteiger partial charge in [0.2, 0.25) is 0 Å². The molecule has 30 heavy (non-hydrogen) atoms. The molecule has 6 heteroatoms. The van der Waals surface area contributed by atoms with Crippen molar-refractivity contribution in [1.29, 1.82) is 0 Å². The number of nitrogens with zero attached hydrogens (tertiary/aromatic N) is 4. The van der Waals surface area contributed by atoms with E-state index in [4.69, 9.17) is 0 Å². The molecule has 0 aliphatic carbocycles. The number of fused-ring (bicyclic) bond motifs is 1. The van der Waals surface area contributed by atoms with E-state index >= 15 is 0 Å². The minimum absolute atomic E-state index is 0.138. The number of aromatic nitrogens is 4. The van der Waals surface area contributed by atoms with Crippen molar-refractivity contribution in [3.8, 4) is 17.1 Å². The van der Waals surface area contributed by atoms with Crippen LogP contribution < -0.4 is 5.32 Å². The Morgan fingerprint density at radius 1 is 0.900 bits per heavy atom. The Balaban J connectivity index is 1.39. The van der Waals surface area contributed by atoms with E-state index in [1.54, 1.807) is 0 Å². The van der Waals surface area contributed by atoms with Crippen LogP contribution in [0.2, 0.25) is 0 Å². The first-order chi connectivity index (χ1) is 14.8. The summed E-state index contributed by atoms with van der Waals surface area (Å²) in [4.78, 5) is 12.9. The highest BCUT2D eigenvalue weighted by Crippen LogP contribution is 2.25. The SMILES string of the molecule is O=C(Nc1cccc(-c2nnc3n2CCCCC3)c1)c1cccc(-n2cccc2)c1. The van der Waals surface area contributed by atoms with E-state index in [0.29, 0.717) is 5.56 Å². The van der Waals surface area contributed by atoms with Gasteiger partial charge in [-0.15, -0.1) is 10.2 Å². The molecule has 1 amide bonds. The number of amides is 1. The van der Waals surface area contributed by atoms with Gasteiger partial charge in [-0.2, -0.15) is 0 Å². The maximum absolute atomic E-state index is 12.9. The predicted octanol–water partition coefficient (Wildman–Crippen LogP) is 4.71. The first kappa shape index (κ1) is 18.4. The zero-order valence-corrected chi connectivity index (χ0v) is 16.7. The van der Waals surface area contributed by atoms with Gasteiger partial charge in [0, 0.05) is 47.9 Å². The van der Waals surface area contributed by atoms with Crippen LogP contribution in [-0.2, 0) is 13.0 Å². The summed E-state index contributed by atoms with van der Waals surface area (Å²) < 4.78 is 4.20. The maximum Gasteiger partial charge on any atom is 0.255 e. The van der Waals surface area contributed by atoms with E-state index < -0.39 is 0 Å². The predicted molar refractivity (Wildman–Crippen MR) is 117 cm³/mol. The fourth-order valence-electron chi connectivity index (χ4n) is 3.95. The highest BCUT2D eigenvalue weighted by Gasteiger charge is 2.16. The summed E-state index contributed by atoms with van der Waals surface area (Å²) in [6.07, 6.45) is 8.43. The topological polar surface area (TPSA) is 64.7 Å². The summed E-state index contributed by atoms with van der Waals surface area (Å²) in [5, 5.41) is 11.8. The molecule has 0 spiro atoms. The van der Waals surface area contributed by atoms with E-state index in [0.717, 1.165) is 54.4 Å². The lowest BCUT2D eigenvalue weighted by atomic mass is 10.1. The summed E-state index contributed by atoms with van der Waals surface area (Å²) in [5.41, 5.74) is 3.28. The normalized spacial score (nSPS) is 13.5. The molecule has 2 aromatic carbocycles. The average molecular weight is 397 g/mol. The van der Waals surface area contributed by atoms with Gasteiger partial charge in [0.25, 0.3) is 5.91 Å². The Kier molecular flexibility index (Phi) is 4.89. The number of carbonyl (C=O) groups is 1. The molecule has 0 unspecified atom stereocenters. The lowest BCUT2D eigenvalue weighted by molar-refractivity contribution is 0.102. The first-order valence-corrected chi connectivity index (χ1v) is 10.4. The molecule has 0 bridgehead atoms. The Labute approximate surface area is 175 Å². The summed E-state index contributed by atoms with van der Waals surface area (Å²) in [7, 11) is 0. The van der Waals surface area contributed by atoms with Gasteiger partial charge in [0.05, 0.1) is 0 Å². The van der Waals surface area contributed by atoms with Crippen molar-refractivity contribution in [3.63, 3.8) is 0 Å². The van der Waals surface area contributed by atoms with Gasteiger partial charge < -0.3 is 14.5 Å². The number of benzene rings is 2. The second-order valence-electron chi connectivity index (χ2n) is 7.58. The number of aryl methyl sites for hydroxylation is 1. The number of hydrogen-bond acceptors (Lipinski definition) is 3. The molecular formula is C24H23N5O. The molecular weight excluding hydrogens is 374 g/mol. The molecule has 0 atom stereocenters. The molecule has 5 rings (SSSR count). The van der Waals surface area contributed by atoms with Crippen LogP contribution in [0.5, 0.6) is 0 Å². The minimum atomic E-state index is -0.138. The Morgan fingerprint density at radius 3 is 2.67 bits per heavy atom. The second-order valence-corrected chi connectivity index (χ2v) is 7.58. The summed E-state index contributed by atoms with van der Waals surface area (Å²) in [6, 6.07) is 19.3. The molecule has 3 heterocycles. The third-order valence-corrected chi connectivity index (χ3v) is 5.50. The molecule has 2 aromatic heterocycles. The van der Waals surface area contributed by atoms with Crippen LogP contribution in [0, 0.1) is 0 Å². The van der Waals surface area contributed by atoms with Crippen molar-refractivity contribution in [2.45, 2.75) is 32.2 Å². The molecule has 1 aliphatic heterocycles. The minimum Gasteiger partial charge on any atom is -0.324 e. The van der Waals surface area contributed by atoms with Crippen molar-refractivity contribution in [2.75, 3.05) is 5.32 Å². The van der Waals surface area contributed by atoms with Gasteiger partial charge in [-0.05, 0) is 55.3 Å². The van der Waals surface area contributed by atoms with Gasteiger partial charge in [-0.1, -0.05) is 24.6 Å². The van der Waals surface area contributed by atoms with Crippen LogP contribution in [-0.4, -0.2) is 25.2 Å². The second kappa shape index (κ2) is 7.99. The van der Waals surface area contributed by atoms with E-state index in [1.807, 2.05) is 77.6 Å². The lowest BCUT2D eigenvalue weighted by Crippen LogP contribution is -2.12. The van der Waals surface area contributed by atoms with Gasteiger partial charge in [0.15, 0.2) is 5.82 Å². The standard InChI is InChI=1S/C24H23N5O/c30-24(19-9-7-11-21(17-19)28-13-4-5-14-28)25-20-10-6-8-18(16-20)23-27-26-22-12-2-1-3-15-29(22)23/h4-11,13-14,16-17H,1-3,12,15H2,(H,25,30). The molecule has 4 aromatic rings. The fourth-order valence-corrected chi connectivity index (χ4v) is 3.95. The molecule has 1 N–H and O–H groups in total. The van der Waals surface area contributed by atoms with Gasteiger partial charge >= 0.3 is 0 Å². The number of nitrogens with one attached hydrogen (secondary N) is 1. The van der Waals surface area contributed by atoms with E-state index in [9.17, 15) is 4.79 Å². The average Bonchev–Trinajstić information content (AvgIpc) is 3.40. The molecule has 6 nitrogen and oxygen atoms in total. The van der Waals surface area contributed by atoms with E-state index in [2.05, 4.69) is 20.1 Å². The van der Waals surface area contributed by atoms with Crippen molar-refractivity contribution >= 4 is 11.6 Å². The van der Waals surface area contributed by atoms with Crippen LogP contribution in [0.25, 0.3) is 17.1 Å². The maximum atomic E-state index is 12.9. The molecule has 1 aliphatic rings. The number of rotatable bonds is 4. The first-order valence-electron chi connectivity index (χ1n) is 10.4. The third-order valence-electron chi connectivity index (χ3n) is 5.50. The van der Waals surface area contributed by atoms with Crippen molar-refractivity contribution < 1.29 is 4.79 Å². The third kappa shape index (κ3) is 3.64. The van der Waals surface area contributed by atoms with Gasteiger partial charge in [-0.25, -0.2) is 0 Å². The Morgan fingerprint density at radius 2 is 1.77 bits per heavy atom. The van der Waals surface area contributed by atoms with Crippen molar-refractivity contribution in [1.82, 2.24) is 19.3 Å². The zero-order chi connectivity index (χ0) is 20.3. The molecule has 0 saturated heterocycles. The Bertz CT molecular complexity index is 1180. The largest absolute Gasteiger partial charge is 0.324 e. The van der Waals surface area contributed by atoms with Crippen LogP contribution in [0.15, 0.2) is 73.1 Å². The quantitative estimate of drug-likeness (QED) is 0.542. The number of hydrogen-bond donors (Lipinski definition) is 1. The Hall–Kier alpha value is -3.67. The summed E-state index contributed by atoms with van der Waals surface area (Å²) in [5.74, 6) is 1.79. The zero-order valence-electron chi connectivity index (χ0n) is 16.7.